The minimum absolute atomic E-state index is 0.153. The van der Waals surface area contributed by atoms with Gasteiger partial charge in [0.1, 0.15) is 12.7 Å². The maximum Gasteiger partial charge on any atom is 0.353 e. The maximum atomic E-state index is 12.6. The van der Waals surface area contributed by atoms with Crippen molar-refractivity contribution in [2.75, 3.05) is 13.2 Å². The summed E-state index contributed by atoms with van der Waals surface area (Å²) >= 11 is 0. The van der Waals surface area contributed by atoms with E-state index in [-0.39, 0.29) is 12.5 Å². The van der Waals surface area contributed by atoms with Crippen LogP contribution in [0.1, 0.15) is 46.8 Å². The minimum atomic E-state index is -1.15. The maximum absolute atomic E-state index is 12.6. The molecule has 0 aliphatic carbocycles. The van der Waals surface area contributed by atoms with Crippen molar-refractivity contribution in [2.45, 2.75) is 65.1 Å². The topological polar surface area (TPSA) is 132 Å². The van der Waals surface area contributed by atoms with Crippen molar-refractivity contribution in [2.24, 2.45) is 0 Å². The zero-order valence-corrected chi connectivity index (χ0v) is 17.4. The third-order valence-corrected chi connectivity index (χ3v) is 4.17. The monoisotopic (exact) mass is 426 g/mol. The van der Waals surface area contributed by atoms with Crippen molar-refractivity contribution in [1.29, 1.82) is 0 Å². The van der Waals surface area contributed by atoms with Gasteiger partial charge in [0.05, 0.1) is 6.61 Å². The molecule has 0 N–H and O–H groups in total. The van der Waals surface area contributed by atoms with Crippen LogP contribution in [0.15, 0.2) is 17.1 Å². The predicted molar refractivity (Wildman–Crippen MR) is 101 cm³/mol. The molecule has 30 heavy (non-hydrogen) atoms. The Morgan fingerprint density at radius 1 is 1.10 bits per heavy atom. The molecule has 0 aromatic carbocycles. The smallest absolute Gasteiger partial charge is 0.353 e. The number of ether oxygens (including phenoxy) is 5. The van der Waals surface area contributed by atoms with Gasteiger partial charge in [0.2, 0.25) is 5.88 Å². The van der Waals surface area contributed by atoms with Crippen LogP contribution in [0, 0.1) is 0 Å². The van der Waals surface area contributed by atoms with Crippen LogP contribution in [0.2, 0.25) is 0 Å². The van der Waals surface area contributed by atoms with Gasteiger partial charge in [-0.15, -0.1) is 0 Å². The van der Waals surface area contributed by atoms with Crippen LogP contribution in [0.25, 0.3) is 0 Å². The molecule has 4 atom stereocenters. The van der Waals surface area contributed by atoms with Crippen LogP contribution < -0.4 is 10.4 Å². The minimum Gasteiger partial charge on any atom is -0.478 e. The van der Waals surface area contributed by atoms with Gasteiger partial charge in [-0.1, -0.05) is 13.3 Å². The number of rotatable bonds is 9. The van der Waals surface area contributed by atoms with Crippen LogP contribution in [-0.4, -0.2) is 59.0 Å². The zero-order chi connectivity index (χ0) is 22.3. The Morgan fingerprint density at radius 2 is 1.77 bits per heavy atom. The van der Waals surface area contributed by atoms with Crippen molar-refractivity contribution >= 4 is 17.9 Å². The van der Waals surface area contributed by atoms with Crippen LogP contribution in [0.5, 0.6) is 5.88 Å². The van der Waals surface area contributed by atoms with Gasteiger partial charge in [-0.2, -0.15) is 4.98 Å². The summed E-state index contributed by atoms with van der Waals surface area (Å²) in [5.74, 6) is -1.74. The summed E-state index contributed by atoms with van der Waals surface area (Å²) in [6, 6.07) is 1.48. The molecule has 0 spiro atoms. The first kappa shape index (κ1) is 23.3. The number of carbonyl (C=O) groups excluding carboxylic acids is 3. The van der Waals surface area contributed by atoms with E-state index in [0.717, 1.165) is 17.4 Å². The standard InChI is InChI=1S/C19H26N2O9/c1-5-6-9-26-15-7-8-21(19(25)20-15)18-17(29-13(4)24)16(28-12(3)23)14(30-18)10-27-11(2)22/h7-8,14,16-18H,5-6,9-10H2,1-4H3/t14-,16-,17-,18-/m0/s1. The van der Waals surface area contributed by atoms with Gasteiger partial charge >= 0.3 is 23.6 Å². The summed E-state index contributed by atoms with van der Waals surface area (Å²) in [4.78, 5) is 50.8. The average Bonchev–Trinajstić information content (AvgIpc) is 2.96. The molecular weight excluding hydrogens is 400 g/mol. The molecule has 0 unspecified atom stereocenters. The van der Waals surface area contributed by atoms with E-state index in [4.69, 9.17) is 23.7 Å². The third-order valence-electron chi connectivity index (χ3n) is 4.17. The molecule has 1 saturated heterocycles. The highest BCUT2D eigenvalue weighted by atomic mass is 16.7. The summed E-state index contributed by atoms with van der Waals surface area (Å²) in [5.41, 5.74) is -0.708. The van der Waals surface area contributed by atoms with E-state index in [1.54, 1.807) is 0 Å². The van der Waals surface area contributed by atoms with Gasteiger partial charge in [0.15, 0.2) is 18.4 Å². The second kappa shape index (κ2) is 10.7. The highest BCUT2D eigenvalue weighted by Gasteiger charge is 2.50. The summed E-state index contributed by atoms with van der Waals surface area (Å²) < 4.78 is 27.8. The van der Waals surface area contributed by atoms with E-state index < -0.39 is 48.1 Å². The van der Waals surface area contributed by atoms with Crippen molar-refractivity contribution in [3.63, 3.8) is 0 Å². The number of hydrogen-bond donors (Lipinski definition) is 0. The Kier molecular flexibility index (Phi) is 8.34. The molecule has 0 bridgehead atoms. The van der Waals surface area contributed by atoms with Crippen LogP contribution in [0.3, 0.4) is 0 Å². The van der Waals surface area contributed by atoms with Crippen molar-refractivity contribution in [3.05, 3.63) is 22.7 Å². The quantitative estimate of drug-likeness (QED) is 0.316. The van der Waals surface area contributed by atoms with E-state index >= 15 is 0 Å². The van der Waals surface area contributed by atoms with Crippen LogP contribution in [-0.2, 0) is 33.3 Å². The molecule has 0 amide bonds. The summed E-state index contributed by atoms with van der Waals surface area (Å²) in [5, 5.41) is 0. The lowest BCUT2D eigenvalue weighted by molar-refractivity contribution is -0.166. The van der Waals surface area contributed by atoms with E-state index in [1.807, 2.05) is 6.92 Å². The molecule has 1 aromatic rings. The molecule has 1 aliphatic heterocycles. The van der Waals surface area contributed by atoms with Gasteiger partial charge < -0.3 is 23.7 Å². The number of unbranched alkanes of at least 4 members (excludes halogenated alkanes) is 1. The molecule has 2 rings (SSSR count). The second-order valence-corrected chi connectivity index (χ2v) is 6.67. The number of hydrogen-bond acceptors (Lipinski definition) is 10. The largest absolute Gasteiger partial charge is 0.478 e. The van der Waals surface area contributed by atoms with Crippen LogP contribution in [0.4, 0.5) is 0 Å². The van der Waals surface area contributed by atoms with Gasteiger partial charge in [-0.05, 0) is 6.42 Å². The highest BCUT2D eigenvalue weighted by molar-refractivity contribution is 5.68. The van der Waals surface area contributed by atoms with Crippen LogP contribution >= 0.6 is 0 Å². The molecule has 1 aliphatic rings. The molecule has 1 aromatic heterocycles. The van der Waals surface area contributed by atoms with Gasteiger partial charge in [-0.25, -0.2) is 4.79 Å². The van der Waals surface area contributed by atoms with E-state index in [2.05, 4.69) is 4.98 Å². The Balaban J connectivity index is 2.32. The molecule has 11 heteroatoms. The van der Waals surface area contributed by atoms with Crippen molar-refractivity contribution in [1.82, 2.24) is 9.55 Å². The molecule has 0 radical (unpaired) electrons. The Morgan fingerprint density at radius 3 is 2.33 bits per heavy atom. The summed E-state index contributed by atoms with van der Waals surface area (Å²) in [6.45, 7) is 5.73. The van der Waals surface area contributed by atoms with Gasteiger partial charge in [0.25, 0.3) is 0 Å². The molecule has 2 heterocycles. The Bertz CT molecular complexity index is 822. The fourth-order valence-electron chi connectivity index (χ4n) is 2.91. The number of nitrogens with zero attached hydrogens (tertiary/aromatic N) is 2. The Hall–Kier alpha value is -2.95. The van der Waals surface area contributed by atoms with Crippen molar-refractivity contribution < 1.29 is 38.1 Å². The molecular formula is C19H26N2O9. The average molecular weight is 426 g/mol. The first-order chi connectivity index (χ1) is 14.2. The van der Waals surface area contributed by atoms with E-state index in [1.165, 1.54) is 33.0 Å². The second-order valence-electron chi connectivity index (χ2n) is 6.67. The number of esters is 3. The zero-order valence-electron chi connectivity index (χ0n) is 17.4. The lowest BCUT2D eigenvalue weighted by Crippen LogP contribution is -2.41. The number of aromatic nitrogens is 2. The number of carbonyl (C=O) groups is 3. The SMILES string of the molecule is CCCCOc1ccn([C@H]2O[C@@H](COC(C)=O)[C@H](OC(C)=O)[C@@H]2OC(C)=O)c(=O)n1. The summed E-state index contributed by atoms with van der Waals surface area (Å²) in [7, 11) is 0. The fraction of sp³-hybridized carbons (Fsp3) is 0.632. The fourth-order valence-corrected chi connectivity index (χ4v) is 2.91. The predicted octanol–water partition coefficient (Wildman–Crippen LogP) is 0.746. The lowest BCUT2D eigenvalue weighted by atomic mass is 10.1. The summed E-state index contributed by atoms with van der Waals surface area (Å²) in [6.07, 6.45) is -1.23. The third kappa shape index (κ3) is 6.28. The van der Waals surface area contributed by atoms with E-state index in [0.29, 0.717) is 6.61 Å². The normalized spacial score (nSPS) is 22.9. The first-order valence-electron chi connectivity index (χ1n) is 9.58. The molecule has 1 fully saturated rings. The van der Waals surface area contributed by atoms with Gasteiger partial charge in [-0.3, -0.25) is 19.0 Å². The first-order valence-corrected chi connectivity index (χ1v) is 9.58. The molecule has 166 valence electrons. The molecule has 11 nitrogen and oxygen atoms in total. The van der Waals surface area contributed by atoms with Gasteiger partial charge in [0, 0.05) is 33.0 Å². The van der Waals surface area contributed by atoms with Crippen molar-refractivity contribution in [3.8, 4) is 5.88 Å². The highest BCUT2D eigenvalue weighted by Crippen LogP contribution is 2.33. The Labute approximate surface area is 173 Å². The lowest BCUT2D eigenvalue weighted by Gasteiger charge is -2.23. The molecule has 0 saturated carbocycles. The van der Waals surface area contributed by atoms with E-state index in [9.17, 15) is 19.2 Å².